The molecule has 0 spiro atoms. The highest BCUT2D eigenvalue weighted by Gasteiger charge is 2.34. The highest BCUT2D eigenvalue weighted by molar-refractivity contribution is 5.88. The van der Waals surface area contributed by atoms with Crippen LogP contribution >= 0.6 is 0 Å². The molecule has 3 aromatic carbocycles. The maximum Gasteiger partial charge on any atom is 0.258 e. The Balaban J connectivity index is 1.49. The number of amides is 1. The van der Waals surface area contributed by atoms with E-state index in [9.17, 15) is 4.79 Å². The Labute approximate surface area is 170 Å². The molecule has 5 heteroatoms. The standard InChI is InChI=1S/C24H25NO4/c1-24(2)14-20(19-13-17(27-3)11-12-22(19)29-24)25-23(26)15-28-21-10-6-8-16-7-4-5-9-18(16)21/h4-13,20H,14-15H2,1-3H3,(H,25,26)/t20-/m0/s1. The Kier molecular flexibility index (Phi) is 5.05. The average molecular weight is 391 g/mol. The average Bonchev–Trinajstić information content (AvgIpc) is 2.71. The molecule has 0 aliphatic carbocycles. The van der Waals surface area contributed by atoms with E-state index < -0.39 is 0 Å². The minimum atomic E-state index is -0.379. The predicted molar refractivity (Wildman–Crippen MR) is 113 cm³/mol. The molecule has 0 saturated carbocycles. The Morgan fingerprint density at radius 2 is 1.93 bits per heavy atom. The molecule has 1 aliphatic rings. The number of rotatable bonds is 5. The van der Waals surface area contributed by atoms with Gasteiger partial charge in [-0.3, -0.25) is 4.79 Å². The van der Waals surface area contributed by atoms with E-state index in [0.717, 1.165) is 27.8 Å². The van der Waals surface area contributed by atoms with Crippen LogP contribution in [0.2, 0.25) is 0 Å². The highest BCUT2D eigenvalue weighted by atomic mass is 16.5. The second-order valence-corrected chi connectivity index (χ2v) is 7.86. The van der Waals surface area contributed by atoms with Crippen molar-refractivity contribution in [2.45, 2.75) is 31.9 Å². The van der Waals surface area contributed by atoms with E-state index in [1.807, 2.05) is 74.5 Å². The number of ether oxygens (including phenoxy) is 3. The van der Waals surface area contributed by atoms with Crippen molar-refractivity contribution in [1.82, 2.24) is 5.32 Å². The summed E-state index contributed by atoms with van der Waals surface area (Å²) in [5.41, 5.74) is 0.540. The van der Waals surface area contributed by atoms with Gasteiger partial charge in [0.15, 0.2) is 6.61 Å². The summed E-state index contributed by atoms with van der Waals surface area (Å²) < 4.78 is 17.2. The van der Waals surface area contributed by atoms with Gasteiger partial charge < -0.3 is 19.5 Å². The molecule has 4 rings (SSSR count). The van der Waals surface area contributed by atoms with E-state index in [4.69, 9.17) is 14.2 Å². The fourth-order valence-electron chi connectivity index (χ4n) is 3.79. The fourth-order valence-corrected chi connectivity index (χ4v) is 3.79. The molecule has 0 unspecified atom stereocenters. The van der Waals surface area contributed by atoms with Crippen LogP contribution in [-0.4, -0.2) is 25.2 Å². The van der Waals surface area contributed by atoms with Crippen LogP contribution in [0.4, 0.5) is 0 Å². The molecule has 1 amide bonds. The number of fused-ring (bicyclic) bond motifs is 2. The SMILES string of the molecule is COc1ccc2c(c1)[C@@H](NC(=O)COc1cccc3ccccc13)CC(C)(C)O2. The number of hydrogen-bond acceptors (Lipinski definition) is 4. The predicted octanol–water partition coefficient (Wildman–Crippen LogP) is 4.65. The lowest BCUT2D eigenvalue weighted by atomic mass is 9.89. The van der Waals surface area contributed by atoms with E-state index in [-0.39, 0.29) is 24.2 Å². The number of nitrogens with one attached hydrogen (secondary N) is 1. The Morgan fingerprint density at radius 3 is 2.76 bits per heavy atom. The van der Waals surface area contributed by atoms with Crippen LogP contribution in [0.3, 0.4) is 0 Å². The van der Waals surface area contributed by atoms with Gasteiger partial charge in [0.1, 0.15) is 22.8 Å². The Bertz CT molecular complexity index is 1040. The first kappa shape index (κ1) is 19.1. The molecular formula is C24H25NO4. The largest absolute Gasteiger partial charge is 0.497 e. The molecule has 0 aromatic heterocycles. The number of methoxy groups -OCH3 is 1. The molecule has 1 N–H and O–H groups in total. The van der Waals surface area contributed by atoms with Crippen LogP contribution in [0.5, 0.6) is 17.2 Å². The number of carbonyl (C=O) groups excluding carboxylic acids is 1. The van der Waals surface area contributed by atoms with Crippen LogP contribution in [-0.2, 0) is 4.79 Å². The quantitative estimate of drug-likeness (QED) is 0.688. The lowest BCUT2D eigenvalue weighted by molar-refractivity contribution is -0.124. The van der Waals surface area contributed by atoms with Gasteiger partial charge in [0.2, 0.25) is 0 Å². The second-order valence-electron chi connectivity index (χ2n) is 7.86. The van der Waals surface area contributed by atoms with Gasteiger partial charge in [0, 0.05) is 17.4 Å². The summed E-state index contributed by atoms with van der Waals surface area (Å²) in [6.45, 7) is 3.99. The van der Waals surface area contributed by atoms with Crippen molar-refractivity contribution >= 4 is 16.7 Å². The molecule has 0 bridgehead atoms. The van der Waals surface area contributed by atoms with E-state index in [0.29, 0.717) is 12.2 Å². The van der Waals surface area contributed by atoms with E-state index in [1.54, 1.807) is 7.11 Å². The minimum Gasteiger partial charge on any atom is -0.497 e. The van der Waals surface area contributed by atoms with Gasteiger partial charge in [-0.1, -0.05) is 36.4 Å². The molecule has 0 radical (unpaired) electrons. The zero-order valence-electron chi connectivity index (χ0n) is 16.9. The van der Waals surface area contributed by atoms with Crippen molar-refractivity contribution in [2.24, 2.45) is 0 Å². The first-order valence-corrected chi connectivity index (χ1v) is 9.72. The summed E-state index contributed by atoms with van der Waals surface area (Å²) in [6.07, 6.45) is 0.660. The number of benzene rings is 3. The summed E-state index contributed by atoms with van der Waals surface area (Å²) in [5, 5.41) is 5.17. The molecule has 1 aliphatic heterocycles. The molecule has 0 fully saturated rings. The van der Waals surface area contributed by atoms with Gasteiger partial charge >= 0.3 is 0 Å². The highest BCUT2D eigenvalue weighted by Crippen LogP contribution is 2.41. The van der Waals surface area contributed by atoms with Crippen LogP contribution in [0.25, 0.3) is 10.8 Å². The first-order valence-electron chi connectivity index (χ1n) is 9.72. The van der Waals surface area contributed by atoms with Gasteiger partial charge in [0.05, 0.1) is 13.2 Å². The van der Waals surface area contributed by atoms with Crippen LogP contribution in [0.1, 0.15) is 31.9 Å². The minimum absolute atomic E-state index is 0.0505. The molecule has 29 heavy (non-hydrogen) atoms. The number of hydrogen-bond donors (Lipinski definition) is 1. The topological polar surface area (TPSA) is 56.8 Å². The van der Waals surface area contributed by atoms with E-state index >= 15 is 0 Å². The van der Waals surface area contributed by atoms with Crippen molar-refractivity contribution in [3.8, 4) is 17.2 Å². The zero-order valence-corrected chi connectivity index (χ0v) is 16.9. The third-order valence-corrected chi connectivity index (χ3v) is 5.12. The smallest absolute Gasteiger partial charge is 0.258 e. The van der Waals surface area contributed by atoms with Crippen molar-refractivity contribution < 1.29 is 19.0 Å². The monoisotopic (exact) mass is 391 g/mol. The van der Waals surface area contributed by atoms with Gasteiger partial charge in [0.25, 0.3) is 5.91 Å². The summed E-state index contributed by atoms with van der Waals surface area (Å²) in [4.78, 5) is 12.7. The fraction of sp³-hybridized carbons (Fsp3) is 0.292. The van der Waals surface area contributed by atoms with E-state index in [2.05, 4.69) is 5.32 Å². The number of carbonyl (C=O) groups is 1. The Morgan fingerprint density at radius 1 is 1.14 bits per heavy atom. The summed E-state index contributed by atoms with van der Waals surface area (Å²) >= 11 is 0. The van der Waals surface area contributed by atoms with Crippen molar-refractivity contribution in [3.63, 3.8) is 0 Å². The maximum atomic E-state index is 12.7. The van der Waals surface area contributed by atoms with E-state index in [1.165, 1.54) is 0 Å². The van der Waals surface area contributed by atoms with Crippen LogP contribution < -0.4 is 19.5 Å². The van der Waals surface area contributed by atoms with Crippen molar-refractivity contribution in [2.75, 3.05) is 13.7 Å². The molecular weight excluding hydrogens is 366 g/mol. The Hall–Kier alpha value is -3.21. The summed E-state index contributed by atoms with van der Waals surface area (Å²) in [6, 6.07) is 19.3. The lowest BCUT2D eigenvalue weighted by Gasteiger charge is -2.38. The molecule has 5 nitrogen and oxygen atoms in total. The summed E-state index contributed by atoms with van der Waals surface area (Å²) in [5.74, 6) is 2.03. The third-order valence-electron chi connectivity index (χ3n) is 5.12. The normalized spacial score (nSPS) is 17.1. The zero-order chi connectivity index (χ0) is 20.4. The van der Waals surface area contributed by atoms with Crippen molar-refractivity contribution in [3.05, 3.63) is 66.2 Å². The van der Waals surface area contributed by atoms with Gasteiger partial charge in [-0.15, -0.1) is 0 Å². The van der Waals surface area contributed by atoms with Gasteiger partial charge in [-0.2, -0.15) is 0 Å². The molecule has 150 valence electrons. The summed E-state index contributed by atoms with van der Waals surface area (Å²) in [7, 11) is 1.63. The maximum absolute atomic E-state index is 12.7. The molecule has 1 heterocycles. The lowest BCUT2D eigenvalue weighted by Crippen LogP contribution is -2.42. The first-order chi connectivity index (χ1) is 13.9. The van der Waals surface area contributed by atoms with Crippen LogP contribution in [0, 0.1) is 0 Å². The third kappa shape index (κ3) is 4.14. The van der Waals surface area contributed by atoms with Crippen molar-refractivity contribution in [1.29, 1.82) is 0 Å². The van der Waals surface area contributed by atoms with Gasteiger partial charge in [-0.05, 0) is 43.5 Å². The molecule has 0 saturated heterocycles. The van der Waals surface area contributed by atoms with Gasteiger partial charge in [-0.25, -0.2) is 0 Å². The molecule has 3 aromatic rings. The second kappa shape index (κ2) is 7.66. The molecule has 1 atom stereocenters. The van der Waals surface area contributed by atoms with Crippen LogP contribution in [0.15, 0.2) is 60.7 Å².